The van der Waals surface area contributed by atoms with E-state index in [1.807, 2.05) is 0 Å². The van der Waals surface area contributed by atoms with E-state index in [4.69, 9.17) is 18.5 Å². The highest BCUT2D eigenvalue weighted by molar-refractivity contribution is 7.51. The van der Waals surface area contributed by atoms with Crippen molar-refractivity contribution in [2.75, 3.05) is 19.8 Å². The van der Waals surface area contributed by atoms with Gasteiger partial charge >= 0.3 is 19.7 Å². The van der Waals surface area contributed by atoms with Gasteiger partial charge in [0.25, 0.3) is 0 Å². The monoisotopic (exact) mass is 575 g/mol. The molecule has 1 fully saturated rings. The molecule has 1 saturated heterocycles. The number of allylic oxidation sites excluding steroid dienone is 3. The summed E-state index contributed by atoms with van der Waals surface area (Å²) in [5.74, 6) is -2.23. The topological polar surface area (TPSA) is 167 Å². The molecule has 12 nitrogen and oxygen atoms in total. The van der Waals surface area contributed by atoms with E-state index in [1.54, 1.807) is 19.1 Å². The molecule has 2 rings (SSSR count). The minimum Gasteiger partial charge on any atom is -0.465 e. The van der Waals surface area contributed by atoms with Crippen LogP contribution in [0, 0.1) is 11.8 Å². The highest BCUT2D eigenvalue weighted by atomic mass is 31.2. The fourth-order valence-corrected chi connectivity index (χ4v) is 5.53. The van der Waals surface area contributed by atoms with Gasteiger partial charge < -0.3 is 29.9 Å². The Balaban J connectivity index is 0.00000760. The average Bonchev–Trinajstić information content (AvgIpc) is 3.22. The van der Waals surface area contributed by atoms with E-state index in [-0.39, 0.29) is 36.7 Å². The molecule has 14 heteroatoms. The van der Waals surface area contributed by atoms with E-state index in [0.717, 1.165) is 11.1 Å². The molecule has 2 heterocycles. The van der Waals surface area contributed by atoms with Gasteiger partial charge in [-0.3, -0.25) is 14.2 Å². The number of hydrogen-bond acceptors (Lipinski definition) is 8. The Morgan fingerprint density at radius 2 is 2.03 bits per heavy atom. The van der Waals surface area contributed by atoms with Gasteiger partial charge in [0.2, 0.25) is 0 Å². The Bertz CT molecular complexity index is 1010. The first-order chi connectivity index (χ1) is 17.8. The minimum atomic E-state index is -4.38. The van der Waals surface area contributed by atoms with Gasteiger partial charge in [0.1, 0.15) is 29.5 Å². The third-order valence-corrected chi connectivity index (χ3v) is 7.67. The number of esters is 1. The zero-order valence-corrected chi connectivity index (χ0v) is 23.3. The Labute approximate surface area is 228 Å². The van der Waals surface area contributed by atoms with Crippen LogP contribution in [0.25, 0.3) is 0 Å². The van der Waals surface area contributed by atoms with Gasteiger partial charge in [-0.1, -0.05) is 24.8 Å². The number of aliphatic hydroxyl groups is 1. The van der Waals surface area contributed by atoms with E-state index in [1.165, 1.54) is 19.9 Å². The lowest BCUT2D eigenvalue weighted by Gasteiger charge is -2.32. The molecule has 0 spiro atoms. The Kier molecular flexibility index (Phi) is 12.8. The Morgan fingerprint density at radius 1 is 1.38 bits per heavy atom. The lowest BCUT2D eigenvalue weighted by molar-refractivity contribution is -0.149. The number of amides is 2. The van der Waals surface area contributed by atoms with Gasteiger partial charge in [-0.15, -0.1) is 19.7 Å². The molecule has 0 saturated carbocycles. The quantitative estimate of drug-likeness (QED) is 0.115. The van der Waals surface area contributed by atoms with Crippen LogP contribution in [-0.2, 0) is 27.9 Å². The van der Waals surface area contributed by atoms with Crippen molar-refractivity contribution in [2.45, 2.75) is 51.2 Å². The number of carbonyl (C=O) groups excluding carboxylic acids is 2. The third-order valence-electron chi connectivity index (χ3n) is 5.87. The van der Waals surface area contributed by atoms with Crippen LogP contribution in [0.4, 0.5) is 9.18 Å². The molecule has 0 bridgehead atoms. The molecule has 0 aromatic heterocycles. The van der Waals surface area contributed by atoms with Crippen LogP contribution in [0.3, 0.4) is 0 Å². The van der Waals surface area contributed by atoms with Crippen LogP contribution < -0.4 is 10.4 Å². The predicted molar refractivity (Wildman–Crippen MR) is 143 cm³/mol. The summed E-state index contributed by atoms with van der Waals surface area (Å²) in [6.07, 6.45) is 2.44. The summed E-state index contributed by atoms with van der Waals surface area (Å²) < 4.78 is 49.7. The second-order valence-electron chi connectivity index (χ2n) is 9.19. The normalized spacial score (nSPS) is 23.4. The second-order valence-corrected chi connectivity index (χ2v) is 10.9. The maximum Gasteiger partial charge on any atom is 0.459 e. The van der Waals surface area contributed by atoms with Crippen molar-refractivity contribution >= 4 is 19.7 Å². The standard InChI is InChI=1S/C25H37FN3O8P.H2O/c1-8-17(9-2)19(10-3)16(5)37-38(33,28-25(6,7)23(31)34-11-4)35-15-21-20(30)12-22(36-21)29-14-18(26)13-27-24(29)32;/h8-10,14,17,19-22,30H,1-3,5,11-13,15H2,4,6-7H3,(H,27,32)(H,28,33);1H2/t19?,20?,21-,22-,38?;/m1./s1. The van der Waals surface area contributed by atoms with E-state index in [0.29, 0.717) is 0 Å². The Hall–Kier alpha value is -2.80. The molecular formula is C25H39FN3O9P. The molecule has 3 unspecified atom stereocenters. The molecule has 2 aliphatic rings. The zero-order chi connectivity index (χ0) is 28.7. The van der Waals surface area contributed by atoms with E-state index in [9.17, 15) is 23.7 Å². The zero-order valence-electron chi connectivity index (χ0n) is 22.4. The second kappa shape index (κ2) is 14.5. The van der Waals surface area contributed by atoms with Crippen molar-refractivity contribution in [1.82, 2.24) is 15.3 Å². The third kappa shape index (κ3) is 8.85. The summed E-state index contributed by atoms with van der Waals surface area (Å²) in [7, 11) is -4.38. The van der Waals surface area contributed by atoms with Crippen LogP contribution in [0.2, 0.25) is 0 Å². The van der Waals surface area contributed by atoms with Gasteiger partial charge in [0.05, 0.1) is 25.9 Å². The number of hydrogen-bond donors (Lipinski definition) is 3. The summed E-state index contributed by atoms with van der Waals surface area (Å²) in [6.45, 7) is 18.9. The molecule has 2 aliphatic heterocycles. The van der Waals surface area contributed by atoms with Crippen molar-refractivity contribution < 1.29 is 47.6 Å². The minimum absolute atomic E-state index is 0. The van der Waals surface area contributed by atoms with Gasteiger partial charge in [-0.2, -0.15) is 5.09 Å². The molecule has 0 aromatic rings. The number of nitrogens with zero attached hydrogens (tertiary/aromatic N) is 1. The number of ether oxygens (including phenoxy) is 2. The molecule has 0 aliphatic carbocycles. The van der Waals surface area contributed by atoms with Crippen molar-refractivity contribution in [3.8, 4) is 0 Å². The fraction of sp³-hybridized carbons (Fsp3) is 0.520. The molecular weight excluding hydrogens is 536 g/mol. The maximum absolute atomic E-state index is 13.9. The smallest absolute Gasteiger partial charge is 0.459 e. The van der Waals surface area contributed by atoms with Gasteiger partial charge in [-0.05, 0) is 20.8 Å². The lowest BCUT2D eigenvalue weighted by atomic mass is 9.91. The summed E-state index contributed by atoms with van der Waals surface area (Å²) in [5.41, 5.74) is -1.52. The predicted octanol–water partition coefficient (Wildman–Crippen LogP) is 2.85. The molecule has 5 N–H and O–H groups in total. The van der Waals surface area contributed by atoms with Crippen LogP contribution in [0.1, 0.15) is 27.2 Å². The van der Waals surface area contributed by atoms with Crippen LogP contribution in [-0.4, -0.2) is 71.2 Å². The number of halogens is 1. The van der Waals surface area contributed by atoms with E-state index >= 15 is 0 Å². The lowest BCUT2D eigenvalue weighted by Crippen LogP contribution is -2.47. The number of aliphatic hydroxyl groups excluding tert-OH is 1. The van der Waals surface area contributed by atoms with E-state index in [2.05, 4.69) is 36.7 Å². The fourth-order valence-electron chi connectivity index (χ4n) is 3.82. The largest absolute Gasteiger partial charge is 0.465 e. The number of carbonyl (C=O) groups is 2. The summed E-state index contributed by atoms with van der Waals surface area (Å²) in [5, 5.41) is 15.5. The SMILES string of the molecule is C=CC(C=C)C(C=C)C(=C)OP(=O)(NC(C)(C)C(=O)OCC)OC[C@H]1O[C@@H](N2C=C(F)CNC2=O)CC1O.O. The Morgan fingerprint density at radius 3 is 2.59 bits per heavy atom. The molecule has 39 heavy (non-hydrogen) atoms. The molecule has 0 radical (unpaired) electrons. The molecule has 5 atom stereocenters. The molecule has 2 amide bonds. The van der Waals surface area contributed by atoms with Gasteiger partial charge in [0, 0.05) is 24.5 Å². The molecule has 220 valence electrons. The van der Waals surface area contributed by atoms with E-state index < -0.39 is 62.1 Å². The van der Waals surface area contributed by atoms with Crippen molar-refractivity contribution in [3.05, 3.63) is 62.3 Å². The van der Waals surface area contributed by atoms with Crippen LogP contribution in [0.15, 0.2) is 62.3 Å². The first kappa shape index (κ1) is 34.2. The maximum atomic E-state index is 13.9. The summed E-state index contributed by atoms with van der Waals surface area (Å²) in [6, 6.07) is -0.595. The summed E-state index contributed by atoms with van der Waals surface area (Å²) in [4.78, 5) is 25.6. The van der Waals surface area contributed by atoms with Crippen LogP contribution in [0.5, 0.6) is 0 Å². The van der Waals surface area contributed by atoms with Gasteiger partial charge in [0.15, 0.2) is 0 Å². The highest BCUT2D eigenvalue weighted by Crippen LogP contribution is 2.50. The van der Waals surface area contributed by atoms with Crippen molar-refractivity contribution in [1.29, 1.82) is 0 Å². The van der Waals surface area contributed by atoms with Crippen LogP contribution >= 0.6 is 7.75 Å². The average molecular weight is 576 g/mol. The summed E-state index contributed by atoms with van der Waals surface area (Å²) >= 11 is 0. The number of nitrogens with one attached hydrogen (secondary N) is 2. The number of urea groups is 1. The highest BCUT2D eigenvalue weighted by Gasteiger charge is 2.44. The number of rotatable bonds is 15. The van der Waals surface area contributed by atoms with Crippen molar-refractivity contribution in [2.24, 2.45) is 11.8 Å². The molecule has 0 aromatic carbocycles. The first-order valence-corrected chi connectivity index (χ1v) is 13.6. The first-order valence-electron chi connectivity index (χ1n) is 12.0. The van der Waals surface area contributed by atoms with Crippen molar-refractivity contribution in [3.63, 3.8) is 0 Å². The van der Waals surface area contributed by atoms with Gasteiger partial charge in [-0.25, -0.2) is 13.8 Å².